The van der Waals surface area contributed by atoms with Crippen molar-refractivity contribution in [2.24, 2.45) is 0 Å². The molecular formula is C18H24N2O8. The molecule has 1 aromatic carbocycles. The van der Waals surface area contributed by atoms with Crippen LogP contribution in [0.4, 0.5) is 5.69 Å². The van der Waals surface area contributed by atoms with Crippen molar-refractivity contribution in [3.05, 3.63) is 27.8 Å². The molecular weight excluding hydrogens is 372 g/mol. The van der Waals surface area contributed by atoms with E-state index in [1.807, 2.05) is 13.8 Å². The van der Waals surface area contributed by atoms with E-state index in [1.165, 1.54) is 13.2 Å². The lowest BCUT2D eigenvalue weighted by molar-refractivity contribution is -0.385. The minimum atomic E-state index is -0.988. The largest absolute Gasteiger partial charge is 0.493 e. The molecule has 1 aliphatic heterocycles. The van der Waals surface area contributed by atoms with E-state index < -0.39 is 29.1 Å². The molecule has 1 aromatic rings. The summed E-state index contributed by atoms with van der Waals surface area (Å²) in [5.74, 6) is -1.09. The average Bonchev–Trinajstić information content (AvgIpc) is 2.64. The molecule has 0 aliphatic carbocycles. The van der Waals surface area contributed by atoms with Gasteiger partial charge >= 0.3 is 5.97 Å². The van der Waals surface area contributed by atoms with Crippen molar-refractivity contribution in [2.45, 2.75) is 33.0 Å². The molecule has 1 amide bonds. The zero-order valence-electron chi connectivity index (χ0n) is 16.3. The Morgan fingerprint density at radius 2 is 1.89 bits per heavy atom. The molecule has 154 valence electrons. The minimum absolute atomic E-state index is 0.123. The van der Waals surface area contributed by atoms with E-state index in [0.717, 1.165) is 6.07 Å². The molecule has 0 N–H and O–H groups in total. The predicted octanol–water partition coefficient (Wildman–Crippen LogP) is 1.79. The summed E-state index contributed by atoms with van der Waals surface area (Å²) in [5, 5.41) is 11.3. The molecule has 1 aliphatic rings. The first-order chi connectivity index (χ1) is 13.3. The van der Waals surface area contributed by atoms with Crippen LogP contribution in [0.15, 0.2) is 12.1 Å². The van der Waals surface area contributed by atoms with Crippen LogP contribution in [-0.4, -0.2) is 67.3 Å². The zero-order valence-corrected chi connectivity index (χ0v) is 16.3. The number of hydrogen-bond donors (Lipinski definition) is 0. The van der Waals surface area contributed by atoms with Crippen molar-refractivity contribution in [2.75, 3.05) is 33.4 Å². The highest BCUT2D eigenvalue weighted by Gasteiger charge is 2.29. The van der Waals surface area contributed by atoms with Gasteiger partial charge in [-0.15, -0.1) is 0 Å². The molecule has 1 fully saturated rings. The van der Waals surface area contributed by atoms with Crippen LogP contribution in [0.2, 0.25) is 0 Å². The van der Waals surface area contributed by atoms with Crippen molar-refractivity contribution in [1.82, 2.24) is 4.90 Å². The van der Waals surface area contributed by atoms with Crippen LogP contribution in [0.3, 0.4) is 0 Å². The summed E-state index contributed by atoms with van der Waals surface area (Å²) in [6, 6.07) is 2.28. The highest BCUT2D eigenvalue weighted by atomic mass is 16.6. The number of benzene rings is 1. The summed E-state index contributed by atoms with van der Waals surface area (Å²) in [5.41, 5.74) is -0.808. The van der Waals surface area contributed by atoms with Gasteiger partial charge in [0.15, 0.2) is 18.1 Å². The van der Waals surface area contributed by atoms with Crippen molar-refractivity contribution in [3.63, 3.8) is 0 Å². The van der Waals surface area contributed by atoms with E-state index in [-0.39, 0.29) is 35.9 Å². The number of morpholine rings is 1. The van der Waals surface area contributed by atoms with Crippen LogP contribution in [-0.2, 0) is 14.3 Å². The Labute approximate surface area is 162 Å². The highest BCUT2D eigenvalue weighted by molar-refractivity contribution is 5.96. The second kappa shape index (κ2) is 9.36. The lowest BCUT2D eigenvalue weighted by atomic mass is 10.1. The molecule has 2 atom stereocenters. The highest BCUT2D eigenvalue weighted by Crippen LogP contribution is 2.35. The number of nitro benzene ring substituents is 1. The fourth-order valence-corrected chi connectivity index (χ4v) is 2.97. The molecule has 0 unspecified atom stereocenters. The van der Waals surface area contributed by atoms with E-state index in [2.05, 4.69) is 0 Å². The van der Waals surface area contributed by atoms with Gasteiger partial charge in [-0.1, -0.05) is 0 Å². The van der Waals surface area contributed by atoms with Crippen LogP contribution in [0, 0.1) is 10.1 Å². The Morgan fingerprint density at radius 3 is 2.43 bits per heavy atom. The Kier molecular flexibility index (Phi) is 7.16. The Balaban J connectivity index is 2.15. The fourth-order valence-electron chi connectivity index (χ4n) is 2.97. The third-order valence-electron chi connectivity index (χ3n) is 4.10. The number of carbonyl (C=O) groups excluding carboxylic acids is 2. The maximum Gasteiger partial charge on any atom is 0.345 e. The number of methoxy groups -OCH3 is 1. The van der Waals surface area contributed by atoms with E-state index in [9.17, 15) is 19.7 Å². The first kappa shape index (κ1) is 21.4. The topological polar surface area (TPSA) is 117 Å². The van der Waals surface area contributed by atoms with E-state index >= 15 is 0 Å². The SMILES string of the molecule is CCOc1cc(C(=O)OCC(=O)N2C[C@@H](C)O[C@H](C)C2)c([N+](=O)[O-])cc1OC. The fraction of sp³-hybridized carbons (Fsp3) is 0.556. The molecule has 28 heavy (non-hydrogen) atoms. The third kappa shape index (κ3) is 5.10. The van der Waals surface area contributed by atoms with Crippen LogP contribution >= 0.6 is 0 Å². The number of rotatable bonds is 7. The number of nitrogens with zero attached hydrogens (tertiary/aromatic N) is 2. The summed E-state index contributed by atoms with van der Waals surface area (Å²) >= 11 is 0. The number of carbonyl (C=O) groups is 2. The van der Waals surface area contributed by atoms with Crippen LogP contribution < -0.4 is 9.47 Å². The van der Waals surface area contributed by atoms with Crippen LogP contribution in [0.1, 0.15) is 31.1 Å². The van der Waals surface area contributed by atoms with Crippen LogP contribution in [0.25, 0.3) is 0 Å². The zero-order chi connectivity index (χ0) is 20.8. The smallest absolute Gasteiger partial charge is 0.345 e. The normalized spacial score (nSPS) is 19.1. The van der Waals surface area contributed by atoms with Crippen molar-refractivity contribution >= 4 is 17.6 Å². The van der Waals surface area contributed by atoms with E-state index in [0.29, 0.717) is 13.1 Å². The van der Waals surface area contributed by atoms with Crippen LogP contribution in [0.5, 0.6) is 11.5 Å². The number of esters is 1. The van der Waals surface area contributed by atoms with Crippen molar-refractivity contribution in [3.8, 4) is 11.5 Å². The van der Waals surface area contributed by atoms with Crippen molar-refractivity contribution in [1.29, 1.82) is 0 Å². The van der Waals surface area contributed by atoms with Crippen molar-refractivity contribution < 1.29 is 33.5 Å². The van der Waals surface area contributed by atoms with Gasteiger partial charge in [-0.2, -0.15) is 0 Å². The first-order valence-electron chi connectivity index (χ1n) is 8.86. The molecule has 0 saturated carbocycles. The van der Waals surface area contributed by atoms with Gasteiger partial charge in [-0.05, 0) is 20.8 Å². The lowest BCUT2D eigenvalue weighted by Crippen LogP contribution is -2.49. The quantitative estimate of drug-likeness (QED) is 0.389. The third-order valence-corrected chi connectivity index (χ3v) is 4.10. The van der Waals surface area contributed by atoms with Gasteiger partial charge in [-0.3, -0.25) is 14.9 Å². The average molecular weight is 396 g/mol. The second-order valence-corrected chi connectivity index (χ2v) is 6.34. The molecule has 10 nitrogen and oxygen atoms in total. The number of hydrogen-bond acceptors (Lipinski definition) is 8. The molecule has 2 rings (SSSR count). The molecule has 0 bridgehead atoms. The monoisotopic (exact) mass is 396 g/mol. The Morgan fingerprint density at radius 1 is 1.25 bits per heavy atom. The van der Waals surface area contributed by atoms with Gasteiger partial charge in [0.05, 0.1) is 36.9 Å². The minimum Gasteiger partial charge on any atom is -0.493 e. The molecule has 0 aromatic heterocycles. The summed E-state index contributed by atoms with van der Waals surface area (Å²) in [6.45, 7) is 5.94. The molecule has 0 radical (unpaired) electrons. The first-order valence-corrected chi connectivity index (χ1v) is 8.86. The summed E-state index contributed by atoms with van der Waals surface area (Å²) < 4.78 is 21.0. The molecule has 0 spiro atoms. The summed E-state index contributed by atoms with van der Waals surface area (Å²) in [7, 11) is 1.34. The molecule has 1 saturated heterocycles. The van der Waals surface area contributed by atoms with E-state index in [1.54, 1.807) is 11.8 Å². The van der Waals surface area contributed by atoms with Gasteiger partial charge in [-0.25, -0.2) is 4.79 Å². The Bertz CT molecular complexity index is 741. The lowest BCUT2D eigenvalue weighted by Gasteiger charge is -2.35. The number of amides is 1. The molecule has 10 heteroatoms. The van der Waals surface area contributed by atoms with Gasteiger partial charge in [0.2, 0.25) is 0 Å². The van der Waals surface area contributed by atoms with Gasteiger partial charge < -0.3 is 23.8 Å². The Hall–Kier alpha value is -2.88. The molecule has 1 heterocycles. The number of ether oxygens (including phenoxy) is 4. The number of nitro groups is 1. The second-order valence-electron chi connectivity index (χ2n) is 6.34. The van der Waals surface area contributed by atoms with Gasteiger partial charge in [0, 0.05) is 19.2 Å². The maximum absolute atomic E-state index is 12.4. The van der Waals surface area contributed by atoms with E-state index in [4.69, 9.17) is 18.9 Å². The maximum atomic E-state index is 12.4. The van der Waals surface area contributed by atoms with Gasteiger partial charge in [0.25, 0.3) is 11.6 Å². The van der Waals surface area contributed by atoms with Gasteiger partial charge in [0.1, 0.15) is 5.56 Å². The summed E-state index contributed by atoms with van der Waals surface area (Å²) in [4.78, 5) is 36.9. The predicted molar refractivity (Wildman–Crippen MR) is 97.7 cm³/mol. The standard InChI is InChI=1S/C18H24N2O8/c1-5-26-16-6-13(14(20(23)24)7-15(16)25-4)18(22)27-10-17(21)19-8-11(2)28-12(3)9-19/h6-7,11-12H,5,8-10H2,1-4H3/t11-,12-/m1/s1. The summed E-state index contributed by atoms with van der Waals surface area (Å²) in [6.07, 6.45) is -0.250.